The van der Waals surface area contributed by atoms with Crippen LogP contribution in [0.4, 0.5) is 17.6 Å². The molecule has 0 heterocycles. The molecule has 0 amide bonds. The number of halogens is 4. The van der Waals surface area contributed by atoms with Crippen LogP contribution in [0, 0.1) is 0 Å². The van der Waals surface area contributed by atoms with Gasteiger partial charge in [0.05, 0.1) is 0 Å². The Bertz CT molecular complexity index is 101. The molecule has 0 unspecified atom stereocenters. The highest BCUT2D eigenvalue weighted by atomic mass is 19.3. The minimum atomic E-state index is -3.32. The van der Waals surface area contributed by atoms with Crippen molar-refractivity contribution < 1.29 is 17.6 Å². The van der Waals surface area contributed by atoms with Gasteiger partial charge in [-0.3, -0.25) is 0 Å². The smallest absolute Gasteiger partial charge is 0.209 e. The van der Waals surface area contributed by atoms with Crippen LogP contribution in [0.1, 0.15) is 6.92 Å². The Morgan fingerprint density at radius 3 is 1.62 bits per heavy atom. The Balaban J connectivity index is 4.00. The monoisotopic (exact) mass is 128 g/mol. The average molecular weight is 128 g/mol. The van der Waals surface area contributed by atoms with Gasteiger partial charge in [0, 0.05) is 0 Å². The zero-order valence-electron chi connectivity index (χ0n) is 4.09. The van der Waals surface area contributed by atoms with E-state index in [2.05, 4.69) is 0 Å². The minimum absolute atomic E-state index is 0.640. The summed E-state index contributed by atoms with van der Waals surface area (Å²) in [5.74, 6) is -3.44. The molecule has 0 bridgehead atoms. The first-order chi connectivity index (χ1) is 3.55. The zero-order valence-corrected chi connectivity index (χ0v) is 4.09. The fraction of sp³-hybridized carbons (Fsp3) is 0.500. The second-order valence-corrected chi connectivity index (χ2v) is 1.18. The maximum Gasteiger partial charge on any atom is 0.292 e. The van der Waals surface area contributed by atoms with Crippen molar-refractivity contribution in [2.24, 2.45) is 0 Å². The van der Waals surface area contributed by atoms with Gasteiger partial charge in [0.15, 0.2) is 5.83 Å². The molecule has 0 saturated heterocycles. The molecule has 0 aromatic rings. The van der Waals surface area contributed by atoms with Crippen LogP contribution >= 0.6 is 0 Å². The van der Waals surface area contributed by atoms with Gasteiger partial charge >= 0.3 is 0 Å². The molecular weight excluding hydrogens is 124 g/mol. The minimum Gasteiger partial charge on any atom is -0.209 e. The standard InChI is InChI=1S/C4H4F4/c1-2(5)3(6)4(7)8/h4H,1H3. The second kappa shape index (κ2) is 2.69. The van der Waals surface area contributed by atoms with E-state index in [0.29, 0.717) is 6.92 Å². The van der Waals surface area contributed by atoms with Crippen molar-refractivity contribution in [3.63, 3.8) is 0 Å². The molecule has 0 rings (SSSR count). The first-order valence-corrected chi connectivity index (χ1v) is 1.85. The summed E-state index contributed by atoms with van der Waals surface area (Å²) in [4.78, 5) is 0. The molecule has 0 radical (unpaired) electrons. The number of alkyl halides is 2. The lowest BCUT2D eigenvalue weighted by Gasteiger charge is -1.91. The highest BCUT2D eigenvalue weighted by Gasteiger charge is 2.12. The van der Waals surface area contributed by atoms with Crippen molar-refractivity contribution in [1.29, 1.82) is 0 Å². The predicted octanol–water partition coefficient (Wildman–Crippen LogP) is 2.42. The van der Waals surface area contributed by atoms with E-state index in [1.54, 1.807) is 0 Å². The Kier molecular flexibility index (Phi) is 2.51. The fourth-order valence-electron chi connectivity index (χ4n) is 0.150. The SMILES string of the molecule is CC(F)=C(F)C(F)F. The molecule has 0 saturated carbocycles. The first kappa shape index (κ1) is 7.46. The van der Waals surface area contributed by atoms with E-state index in [4.69, 9.17) is 0 Å². The normalized spacial score (nSPS) is 14.2. The van der Waals surface area contributed by atoms with E-state index in [9.17, 15) is 17.6 Å². The molecule has 8 heavy (non-hydrogen) atoms. The third-order valence-electron chi connectivity index (χ3n) is 0.521. The first-order valence-electron chi connectivity index (χ1n) is 1.85. The lowest BCUT2D eigenvalue weighted by atomic mass is 10.5. The molecule has 0 spiro atoms. The molecule has 0 aliphatic rings. The van der Waals surface area contributed by atoms with Crippen molar-refractivity contribution in [2.75, 3.05) is 0 Å². The number of rotatable bonds is 1. The van der Waals surface area contributed by atoms with Gasteiger partial charge in [-0.25, -0.2) is 17.6 Å². The second-order valence-electron chi connectivity index (χ2n) is 1.18. The van der Waals surface area contributed by atoms with Crippen LogP contribution in [-0.4, -0.2) is 6.43 Å². The van der Waals surface area contributed by atoms with Crippen LogP contribution < -0.4 is 0 Å². The summed E-state index contributed by atoms with van der Waals surface area (Å²) in [6.45, 7) is 0.640. The number of hydrogen-bond acceptors (Lipinski definition) is 0. The maximum absolute atomic E-state index is 11.4. The molecular formula is C4H4F4. The fourth-order valence-corrected chi connectivity index (χ4v) is 0.150. The van der Waals surface area contributed by atoms with Gasteiger partial charge in [-0.2, -0.15) is 0 Å². The largest absolute Gasteiger partial charge is 0.292 e. The topological polar surface area (TPSA) is 0 Å². The summed E-state index contributed by atoms with van der Waals surface area (Å²) in [7, 11) is 0. The zero-order chi connectivity index (χ0) is 6.73. The molecule has 0 aliphatic carbocycles. The quantitative estimate of drug-likeness (QED) is 0.475. The maximum atomic E-state index is 11.4. The summed E-state index contributed by atoms with van der Waals surface area (Å²) in [6.07, 6.45) is -3.32. The Hall–Kier alpha value is -0.540. The summed E-state index contributed by atoms with van der Waals surface area (Å²) in [5.41, 5.74) is 0. The Labute approximate surface area is 43.8 Å². The van der Waals surface area contributed by atoms with Crippen LogP contribution in [0.3, 0.4) is 0 Å². The molecule has 0 fully saturated rings. The van der Waals surface area contributed by atoms with Crippen LogP contribution in [0.25, 0.3) is 0 Å². The average Bonchev–Trinajstić information content (AvgIpc) is 1.64. The van der Waals surface area contributed by atoms with Gasteiger partial charge < -0.3 is 0 Å². The molecule has 0 aromatic heterocycles. The molecule has 48 valence electrons. The van der Waals surface area contributed by atoms with E-state index in [1.807, 2.05) is 0 Å². The van der Waals surface area contributed by atoms with Gasteiger partial charge in [-0.1, -0.05) is 0 Å². The van der Waals surface area contributed by atoms with E-state index >= 15 is 0 Å². The summed E-state index contributed by atoms with van der Waals surface area (Å²) < 4.78 is 44.8. The summed E-state index contributed by atoms with van der Waals surface area (Å²) in [5, 5.41) is 0. The van der Waals surface area contributed by atoms with Crippen molar-refractivity contribution in [1.82, 2.24) is 0 Å². The number of hydrogen-bond donors (Lipinski definition) is 0. The van der Waals surface area contributed by atoms with Crippen molar-refractivity contribution in [3.05, 3.63) is 11.7 Å². The van der Waals surface area contributed by atoms with E-state index in [-0.39, 0.29) is 0 Å². The molecule has 0 aliphatic heterocycles. The van der Waals surface area contributed by atoms with Crippen molar-refractivity contribution in [3.8, 4) is 0 Å². The molecule has 4 heteroatoms. The van der Waals surface area contributed by atoms with Crippen molar-refractivity contribution in [2.45, 2.75) is 13.3 Å². The van der Waals surface area contributed by atoms with Crippen LogP contribution in [-0.2, 0) is 0 Å². The number of allylic oxidation sites excluding steroid dienone is 2. The van der Waals surface area contributed by atoms with Crippen LogP contribution in [0.2, 0.25) is 0 Å². The third-order valence-corrected chi connectivity index (χ3v) is 0.521. The van der Waals surface area contributed by atoms with Crippen LogP contribution in [0.15, 0.2) is 11.7 Å². The molecule has 0 N–H and O–H groups in total. The molecule has 0 nitrogen and oxygen atoms in total. The van der Waals surface area contributed by atoms with Gasteiger partial charge in [0.1, 0.15) is 5.83 Å². The lowest BCUT2D eigenvalue weighted by molar-refractivity contribution is 0.153. The lowest BCUT2D eigenvalue weighted by Crippen LogP contribution is -1.90. The third kappa shape index (κ3) is 1.95. The van der Waals surface area contributed by atoms with Crippen molar-refractivity contribution >= 4 is 0 Å². The van der Waals surface area contributed by atoms with Gasteiger partial charge in [-0.05, 0) is 6.92 Å². The van der Waals surface area contributed by atoms with Gasteiger partial charge in [-0.15, -0.1) is 0 Å². The van der Waals surface area contributed by atoms with Gasteiger partial charge in [0.25, 0.3) is 6.43 Å². The summed E-state index contributed by atoms with van der Waals surface area (Å²) in [6, 6.07) is 0. The highest BCUT2D eigenvalue weighted by Crippen LogP contribution is 2.14. The van der Waals surface area contributed by atoms with E-state index < -0.39 is 18.1 Å². The molecule has 0 atom stereocenters. The predicted molar refractivity (Wildman–Crippen MR) is 20.9 cm³/mol. The van der Waals surface area contributed by atoms with Crippen LogP contribution in [0.5, 0.6) is 0 Å². The molecule has 0 aromatic carbocycles. The highest BCUT2D eigenvalue weighted by molar-refractivity contribution is 4.98. The Morgan fingerprint density at radius 1 is 1.25 bits per heavy atom. The van der Waals surface area contributed by atoms with E-state index in [1.165, 1.54) is 0 Å². The van der Waals surface area contributed by atoms with E-state index in [0.717, 1.165) is 0 Å². The van der Waals surface area contributed by atoms with Gasteiger partial charge in [0.2, 0.25) is 0 Å². The summed E-state index contributed by atoms with van der Waals surface area (Å²) >= 11 is 0. The Morgan fingerprint density at radius 2 is 1.62 bits per heavy atom.